The largest absolute Gasteiger partial charge is 0.496 e. The molecule has 0 saturated carbocycles. The van der Waals surface area contributed by atoms with Crippen LogP contribution in [0.15, 0.2) is 65.3 Å². The number of amides is 1. The Morgan fingerprint density at radius 3 is 2.45 bits per heavy atom. The van der Waals surface area contributed by atoms with Crippen LogP contribution in [0.1, 0.15) is 23.6 Å². The second-order valence-corrected chi connectivity index (χ2v) is 7.90. The van der Waals surface area contributed by atoms with Gasteiger partial charge in [0, 0.05) is 33.8 Å². The molecule has 1 N–H and O–H groups in total. The lowest BCUT2D eigenvalue weighted by molar-refractivity contribution is -0.111. The van der Waals surface area contributed by atoms with Crippen LogP contribution >= 0.6 is 0 Å². The van der Waals surface area contributed by atoms with Gasteiger partial charge in [-0.05, 0) is 67.8 Å². The minimum Gasteiger partial charge on any atom is -0.496 e. The lowest BCUT2D eigenvalue weighted by Crippen LogP contribution is -2.09. The summed E-state index contributed by atoms with van der Waals surface area (Å²) in [6, 6.07) is 12.6. The Morgan fingerprint density at radius 2 is 1.79 bits per heavy atom. The monoisotopic (exact) mass is 447 g/mol. The van der Waals surface area contributed by atoms with Gasteiger partial charge >= 0.3 is 0 Å². The fourth-order valence-electron chi connectivity index (χ4n) is 3.85. The maximum absolute atomic E-state index is 13.8. The molecule has 1 aromatic heterocycles. The summed E-state index contributed by atoms with van der Waals surface area (Å²) in [6.45, 7) is 5.34. The van der Waals surface area contributed by atoms with Crippen molar-refractivity contribution in [2.75, 3.05) is 12.4 Å². The van der Waals surface area contributed by atoms with Gasteiger partial charge in [0.1, 0.15) is 23.0 Å². The molecule has 0 aliphatic carbocycles. The fourth-order valence-corrected chi connectivity index (χ4v) is 3.85. The van der Waals surface area contributed by atoms with Crippen molar-refractivity contribution in [3.63, 3.8) is 0 Å². The molecule has 0 saturated heterocycles. The summed E-state index contributed by atoms with van der Waals surface area (Å²) in [4.78, 5) is 12.6. The number of furan rings is 1. The number of methoxy groups -OCH3 is 1. The molecule has 3 aromatic carbocycles. The van der Waals surface area contributed by atoms with E-state index in [0.717, 1.165) is 27.6 Å². The van der Waals surface area contributed by atoms with Crippen LogP contribution in [0.5, 0.6) is 5.75 Å². The first-order valence-electron chi connectivity index (χ1n) is 10.4. The van der Waals surface area contributed by atoms with Crippen LogP contribution in [0, 0.1) is 25.5 Å². The highest BCUT2D eigenvalue weighted by atomic mass is 19.1. The second-order valence-electron chi connectivity index (χ2n) is 7.90. The normalized spacial score (nSPS) is 11.6. The first-order valence-corrected chi connectivity index (χ1v) is 10.4. The minimum absolute atomic E-state index is 0.316. The van der Waals surface area contributed by atoms with E-state index in [-0.39, 0.29) is 17.5 Å². The van der Waals surface area contributed by atoms with Crippen molar-refractivity contribution in [1.29, 1.82) is 0 Å². The van der Waals surface area contributed by atoms with Gasteiger partial charge < -0.3 is 14.5 Å². The third-order valence-corrected chi connectivity index (χ3v) is 5.62. The first-order chi connectivity index (χ1) is 15.8. The third kappa shape index (κ3) is 4.37. The Bertz CT molecular complexity index is 1390. The van der Waals surface area contributed by atoms with E-state index in [0.29, 0.717) is 28.2 Å². The predicted molar refractivity (Wildman–Crippen MR) is 126 cm³/mol. The molecule has 1 amide bonds. The standard InChI is InChI=1S/C27H23F2NO3/c1-15-5-10-20(12-24(15)29)30-25(31)11-16(2)21-13-22-23(18-6-8-19(28)9-7-18)14-33-27(22)17(3)26(21)32-4/h5-14H,1-4H3,(H,30,31)/b16-11+. The van der Waals surface area contributed by atoms with Gasteiger partial charge in [0.25, 0.3) is 0 Å². The van der Waals surface area contributed by atoms with Gasteiger partial charge in [-0.1, -0.05) is 18.2 Å². The van der Waals surface area contributed by atoms with E-state index >= 15 is 0 Å². The van der Waals surface area contributed by atoms with E-state index in [1.54, 1.807) is 51.5 Å². The molecule has 0 fully saturated rings. The quantitative estimate of drug-likeness (QED) is 0.334. The summed E-state index contributed by atoms with van der Waals surface area (Å²) in [5, 5.41) is 3.51. The molecule has 0 bridgehead atoms. The molecule has 0 spiro atoms. The molecule has 33 heavy (non-hydrogen) atoms. The molecule has 4 nitrogen and oxygen atoms in total. The molecule has 4 aromatic rings. The summed E-state index contributed by atoms with van der Waals surface area (Å²) in [5.41, 5.74) is 5.32. The van der Waals surface area contributed by atoms with Crippen molar-refractivity contribution in [2.45, 2.75) is 20.8 Å². The number of hydrogen-bond acceptors (Lipinski definition) is 3. The highest BCUT2D eigenvalue weighted by Crippen LogP contribution is 2.40. The lowest BCUT2D eigenvalue weighted by Gasteiger charge is -2.13. The Balaban J connectivity index is 1.74. The van der Waals surface area contributed by atoms with Gasteiger partial charge in [-0.2, -0.15) is 0 Å². The Kier molecular flexibility index (Phi) is 6.01. The average molecular weight is 447 g/mol. The van der Waals surface area contributed by atoms with Crippen LogP contribution < -0.4 is 10.1 Å². The molecule has 0 radical (unpaired) electrons. The number of fused-ring (bicyclic) bond motifs is 1. The SMILES string of the molecule is COc1c(/C(C)=C/C(=O)Nc2ccc(C)c(F)c2)cc2c(-c3ccc(F)cc3)coc2c1C. The van der Waals surface area contributed by atoms with Crippen LogP contribution in [-0.2, 0) is 4.79 Å². The number of benzene rings is 3. The fraction of sp³-hybridized carbons (Fsp3) is 0.148. The molecular formula is C27H23F2NO3. The zero-order chi connectivity index (χ0) is 23.7. The highest BCUT2D eigenvalue weighted by Gasteiger charge is 2.19. The molecule has 0 atom stereocenters. The van der Waals surface area contributed by atoms with Crippen LogP contribution in [0.25, 0.3) is 27.7 Å². The second kappa shape index (κ2) is 8.90. The molecule has 0 aliphatic rings. The summed E-state index contributed by atoms with van der Waals surface area (Å²) in [5.74, 6) is -0.500. The van der Waals surface area contributed by atoms with Gasteiger partial charge in [0.2, 0.25) is 5.91 Å². The highest BCUT2D eigenvalue weighted by molar-refractivity contribution is 6.06. The molecule has 0 aliphatic heterocycles. The number of anilines is 1. The van der Waals surface area contributed by atoms with Crippen LogP contribution in [-0.4, -0.2) is 13.0 Å². The lowest BCUT2D eigenvalue weighted by atomic mass is 9.96. The van der Waals surface area contributed by atoms with E-state index in [4.69, 9.17) is 9.15 Å². The van der Waals surface area contributed by atoms with Gasteiger partial charge in [-0.15, -0.1) is 0 Å². The number of ether oxygens (including phenoxy) is 1. The molecule has 6 heteroatoms. The average Bonchev–Trinajstić information content (AvgIpc) is 3.21. The van der Waals surface area contributed by atoms with Gasteiger partial charge in [0.05, 0.1) is 13.4 Å². The maximum Gasteiger partial charge on any atom is 0.248 e. The third-order valence-electron chi connectivity index (χ3n) is 5.62. The number of carbonyl (C=O) groups is 1. The summed E-state index contributed by atoms with van der Waals surface area (Å²) >= 11 is 0. The number of rotatable bonds is 5. The predicted octanol–water partition coefficient (Wildman–Crippen LogP) is 7.05. The molecule has 1 heterocycles. The van der Waals surface area contributed by atoms with E-state index in [9.17, 15) is 13.6 Å². The van der Waals surface area contributed by atoms with Crippen LogP contribution in [0.2, 0.25) is 0 Å². The van der Waals surface area contributed by atoms with Gasteiger partial charge in [-0.25, -0.2) is 8.78 Å². The summed E-state index contributed by atoms with van der Waals surface area (Å²) < 4.78 is 38.6. The van der Waals surface area contributed by atoms with Crippen molar-refractivity contribution < 1.29 is 22.7 Å². The van der Waals surface area contributed by atoms with Crippen LogP contribution in [0.4, 0.5) is 14.5 Å². The van der Waals surface area contributed by atoms with E-state index in [1.165, 1.54) is 24.3 Å². The molecule has 4 rings (SSSR count). The van der Waals surface area contributed by atoms with Crippen molar-refractivity contribution in [1.82, 2.24) is 0 Å². The first kappa shape index (κ1) is 22.3. The van der Waals surface area contributed by atoms with Gasteiger partial charge in [0.15, 0.2) is 0 Å². The molecular weight excluding hydrogens is 424 g/mol. The van der Waals surface area contributed by atoms with Crippen molar-refractivity contribution in [3.8, 4) is 16.9 Å². The molecule has 168 valence electrons. The minimum atomic E-state index is -0.387. The summed E-state index contributed by atoms with van der Waals surface area (Å²) in [6.07, 6.45) is 3.07. The number of hydrogen-bond donors (Lipinski definition) is 1. The van der Waals surface area contributed by atoms with Crippen molar-refractivity contribution in [2.24, 2.45) is 0 Å². The maximum atomic E-state index is 13.8. The number of carbonyl (C=O) groups excluding carboxylic acids is 1. The molecule has 0 unspecified atom stereocenters. The topological polar surface area (TPSA) is 51.5 Å². The Labute approximate surface area is 190 Å². The van der Waals surface area contributed by atoms with E-state index < -0.39 is 0 Å². The zero-order valence-corrected chi connectivity index (χ0v) is 18.8. The Morgan fingerprint density at radius 1 is 1.06 bits per heavy atom. The number of nitrogens with one attached hydrogen (secondary N) is 1. The van der Waals surface area contributed by atoms with E-state index in [2.05, 4.69) is 5.32 Å². The van der Waals surface area contributed by atoms with Crippen molar-refractivity contribution in [3.05, 3.63) is 89.2 Å². The van der Waals surface area contributed by atoms with Crippen molar-refractivity contribution >= 4 is 28.1 Å². The van der Waals surface area contributed by atoms with E-state index in [1.807, 2.05) is 13.0 Å². The Hall–Kier alpha value is -3.93. The zero-order valence-electron chi connectivity index (χ0n) is 18.8. The van der Waals surface area contributed by atoms with Crippen LogP contribution in [0.3, 0.4) is 0 Å². The number of halogens is 2. The number of aryl methyl sites for hydroxylation is 2. The number of allylic oxidation sites excluding steroid dienone is 1. The van der Waals surface area contributed by atoms with Gasteiger partial charge in [-0.3, -0.25) is 4.79 Å². The smallest absolute Gasteiger partial charge is 0.248 e. The summed E-state index contributed by atoms with van der Waals surface area (Å²) in [7, 11) is 1.56.